The van der Waals surface area contributed by atoms with Gasteiger partial charge < -0.3 is 30.5 Å². The zero-order chi connectivity index (χ0) is 29.4. The van der Waals surface area contributed by atoms with E-state index in [1.165, 1.54) is 20.0 Å². The molecule has 0 radical (unpaired) electrons. The van der Waals surface area contributed by atoms with Crippen LogP contribution >= 0.6 is 15.9 Å². The van der Waals surface area contributed by atoms with E-state index >= 15 is 0 Å². The van der Waals surface area contributed by atoms with Crippen molar-refractivity contribution in [3.63, 3.8) is 0 Å². The van der Waals surface area contributed by atoms with Gasteiger partial charge in [-0.1, -0.05) is 31.6 Å². The molecule has 1 aliphatic heterocycles. The molecule has 0 saturated heterocycles. The van der Waals surface area contributed by atoms with Crippen LogP contribution in [0.25, 0.3) is 0 Å². The van der Waals surface area contributed by atoms with Gasteiger partial charge in [0.05, 0.1) is 17.2 Å². The molecule has 1 aromatic carbocycles. The molecule has 0 fully saturated rings. The Hall–Kier alpha value is -2.92. The summed E-state index contributed by atoms with van der Waals surface area (Å²) in [5.74, 6) is -2.65. The van der Waals surface area contributed by atoms with Crippen LogP contribution in [0.5, 0.6) is 5.75 Å². The molecule has 0 aliphatic carbocycles. The summed E-state index contributed by atoms with van der Waals surface area (Å²) in [5.41, 5.74) is 1.61. The van der Waals surface area contributed by atoms with Crippen molar-refractivity contribution in [1.82, 2.24) is 15.5 Å². The average Bonchev–Trinajstić information content (AvgIpc) is 2.85. The molecule has 4 N–H and O–H groups in total. The van der Waals surface area contributed by atoms with E-state index in [-0.39, 0.29) is 18.1 Å². The van der Waals surface area contributed by atoms with E-state index in [4.69, 9.17) is 4.74 Å². The van der Waals surface area contributed by atoms with Crippen molar-refractivity contribution >= 4 is 39.6 Å². The third kappa shape index (κ3) is 9.35. The largest absolute Gasteiger partial charge is 0.507 e. The summed E-state index contributed by atoms with van der Waals surface area (Å²) in [7, 11) is 1.40. The maximum atomic E-state index is 13.4. The standard InChI is InChI=1S/C28H40BrN3O7/c1-15-9-16(2)11-18(4)39-28(38)19(5)30-26(36)23(13-20-7-8-24(34)21(29)12-20)32(6)27(37)22(14-33)31-25(35)17(3)10-15/h7-9,12,16-19,22-23,33-34H,10-11,13-14H2,1-6H3,(H,30,36)(H,31,35)/b15-9+/t16-,17-,18-,19-,22+,23+/m0/s1. The van der Waals surface area contributed by atoms with Crippen molar-refractivity contribution in [2.45, 2.75) is 78.1 Å². The number of likely N-dealkylation sites (N-methyl/N-ethyl adjacent to an activating group) is 1. The smallest absolute Gasteiger partial charge is 0.328 e. The number of aliphatic hydroxyl groups is 1. The Kier molecular flexibility index (Phi) is 12.0. The summed E-state index contributed by atoms with van der Waals surface area (Å²) >= 11 is 3.25. The number of hydrogen-bond acceptors (Lipinski definition) is 7. The minimum Gasteiger partial charge on any atom is -0.507 e. The van der Waals surface area contributed by atoms with Gasteiger partial charge >= 0.3 is 5.97 Å². The summed E-state index contributed by atoms with van der Waals surface area (Å²) in [6.07, 6.45) is 2.67. The van der Waals surface area contributed by atoms with Crippen LogP contribution in [-0.2, 0) is 30.3 Å². The van der Waals surface area contributed by atoms with Crippen LogP contribution in [0.4, 0.5) is 0 Å². The fourth-order valence-electron chi connectivity index (χ4n) is 4.64. The van der Waals surface area contributed by atoms with Crippen LogP contribution in [0.2, 0.25) is 0 Å². The topological polar surface area (TPSA) is 145 Å². The van der Waals surface area contributed by atoms with Gasteiger partial charge in [0.1, 0.15) is 23.9 Å². The van der Waals surface area contributed by atoms with E-state index in [9.17, 15) is 29.4 Å². The van der Waals surface area contributed by atoms with Gasteiger partial charge in [-0.3, -0.25) is 14.4 Å². The molecule has 0 saturated carbocycles. The lowest BCUT2D eigenvalue weighted by molar-refractivity contribution is -0.153. The molecule has 2 rings (SSSR count). The van der Waals surface area contributed by atoms with Crippen molar-refractivity contribution in [2.24, 2.45) is 11.8 Å². The molecule has 6 atom stereocenters. The first-order chi connectivity index (χ1) is 18.2. The number of cyclic esters (lactones) is 1. The summed E-state index contributed by atoms with van der Waals surface area (Å²) in [6, 6.07) is 1.33. The number of nitrogens with one attached hydrogen (secondary N) is 2. The minimum absolute atomic E-state index is 0.0133. The fraction of sp³-hybridized carbons (Fsp3) is 0.571. The Bertz CT molecular complexity index is 1090. The maximum Gasteiger partial charge on any atom is 0.328 e. The Morgan fingerprint density at radius 2 is 1.74 bits per heavy atom. The number of aliphatic hydroxyl groups excluding tert-OH is 1. The number of ether oxygens (including phenoxy) is 1. The Labute approximate surface area is 238 Å². The summed E-state index contributed by atoms with van der Waals surface area (Å²) < 4.78 is 5.98. The first-order valence-electron chi connectivity index (χ1n) is 13.1. The second-order valence-corrected chi connectivity index (χ2v) is 11.4. The maximum absolute atomic E-state index is 13.4. The first kappa shape index (κ1) is 32.3. The third-order valence-corrected chi connectivity index (χ3v) is 7.37. The Morgan fingerprint density at radius 3 is 2.36 bits per heavy atom. The number of nitrogens with zero attached hydrogens (tertiary/aromatic N) is 1. The lowest BCUT2D eigenvalue weighted by Crippen LogP contribution is -2.58. The van der Waals surface area contributed by atoms with Gasteiger partial charge in [-0.15, -0.1) is 0 Å². The predicted octanol–water partition coefficient (Wildman–Crippen LogP) is 2.45. The van der Waals surface area contributed by atoms with Gasteiger partial charge in [0, 0.05) is 19.4 Å². The highest BCUT2D eigenvalue weighted by Gasteiger charge is 2.34. The molecule has 0 unspecified atom stereocenters. The van der Waals surface area contributed by atoms with Gasteiger partial charge in [-0.05, 0) is 73.2 Å². The van der Waals surface area contributed by atoms with Crippen molar-refractivity contribution in [1.29, 1.82) is 0 Å². The molecule has 10 nitrogen and oxygen atoms in total. The highest BCUT2D eigenvalue weighted by atomic mass is 79.9. The van der Waals surface area contributed by atoms with Crippen LogP contribution in [0, 0.1) is 11.8 Å². The number of aromatic hydroxyl groups is 1. The molecule has 1 aromatic rings. The van der Waals surface area contributed by atoms with Gasteiger partial charge in [0.2, 0.25) is 17.7 Å². The molecule has 0 bridgehead atoms. The average molecular weight is 611 g/mol. The highest BCUT2D eigenvalue weighted by Crippen LogP contribution is 2.25. The van der Waals surface area contributed by atoms with Gasteiger partial charge in [0.25, 0.3) is 0 Å². The molecule has 0 spiro atoms. The molecule has 1 heterocycles. The van der Waals surface area contributed by atoms with Crippen LogP contribution in [0.1, 0.15) is 53.0 Å². The molecule has 39 heavy (non-hydrogen) atoms. The minimum atomic E-state index is -1.27. The fourth-order valence-corrected chi connectivity index (χ4v) is 5.07. The van der Waals surface area contributed by atoms with E-state index < -0.39 is 60.4 Å². The van der Waals surface area contributed by atoms with Crippen molar-refractivity contribution in [3.05, 3.63) is 39.9 Å². The lowest BCUT2D eigenvalue weighted by atomic mass is 9.95. The molecule has 0 aromatic heterocycles. The van der Waals surface area contributed by atoms with E-state index in [1.54, 1.807) is 26.0 Å². The Morgan fingerprint density at radius 1 is 1.08 bits per heavy atom. The number of carbonyl (C=O) groups is 4. The number of hydrogen-bond donors (Lipinski definition) is 4. The summed E-state index contributed by atoms with van der Waals surface area (Å²) in [5, 5.41) is 25.1. The number of carbonyl (C=O) groups excluding carboxylic acids is 4. The van der Waals surface area contributed by atoms with Gasteiger partial charge in [-0.25, -0.2) is 4.79 Å². The van der Waals surface area contributed by atoms with Crippen LogP contribution in [0.3, 0.4) is 0 Å². The van der Waals surface area contributed by atoms with Gasteiger partial charge in [-0.2, -0.15) is 0 Å². The number of amides is 3. The number of halogens is 1. The monoisotopic (exact) mass is 609 g/mol. The number of phenolic OH excluding ortho intramolecular Hbond substituents is 1. The van der Waals surface area contributed by atoms with Crippen LogP contribution in [0.15, 0.2) is 34.3 Å². The molecule has 11 heteroatoms. The molecule has 216 valence electrons. The van der Waals surface area contributed by atoms with E-state index in [1.807, 2.05) is 19.9 Å². The molecular formula is C28H40BrN3O7. The van der Waals surface area contributed by atoms with Crippen molar-refractivity contribution in [3.8, 4) is 5.75 Å². The number of esters is 1. The SMILES string of the molecule is C/C1=C\[C@H](C)C[C@H](C)OC(=O)[C@H](C)NC(=O)[C@@H](Cc2ccc(O)c(Br)c2)N(C)C(=O)[C@@H](CO)NC(=O)[C@@H](C)C1. The van der Waals surface area contributed by atoms with Crippen LogP contribution < -0.4 is 10.6 Å². The number of benzene rings is 1. The summed E-state index contributed by atoms with van der Waals surface area (Å²) in [6.45, 7) is 8.28. The lowest BCUT2D eigenvalue weighted by Gasteiger charge is -2.31. The Balaban J connectivity index is 2.44. The van der Waals surface area contributed by atoms with Crippen molar-refractivity contribution < 1.29 is 34.1 Å². The van der Waals surface area contributed by atoms with Crippen LogP contribution in [-0.4, -0.2) is 76.7 Å². The second-order valence-electron chi connectivity index (χ2n) is 10.5. The van der Waals surface area contributed by atoms with E-state index in [0.717, 1.165) is 10.5 Å². The number of allylic oxidation sites excluding steroid dienone is 2. The van der Waals surface area contributed by atoms with E-state index in [0.29, 0.717) is 22.9 Å². The number of phenols is 1. The predicted molar refractivity (Wildman–Crippen MR) is 150 cm³/mol. The quantitative estimate of drug-likeness (QED) is 0.304. The molecule has 1 aliphatic rings. The molecule has 3 amide bonds. The first-order valence-corrected chi connectivity index (χ1v) is 13.9. The normalized spacial score (nSPS) is 29.8. The van der Waals surface area contributed by atoms with E-state index in [2.05, 4.69) is 26.6 Å². The second kappa shape index (κ2) is 14.5. The zero-order valence-corrected chi connectivity index (χ0v) is 24.9. The zero-order valence-electron chi connectivity index (χ0n) is 23.4. The van der Waals surface area contributed by atoms with Crippen molar-refractivity contribution in [2.75, 3.05) is 13.7 Å². The van der Waals surface area contributed by atoms with Gasteiger partial charge in [0.15, 0.2) is 0 Å². The number of rotatable bonds is 3. The molecular weight excluding hydrogens is 570 g/mol. The third-order valence-electron chi connectivity index (χ3n) is 6.73. The summed E-state index contributed by atoms with van der Waals surface area (Å²) in [4.78, 5) is 53.6. The highest BCUT2D eigenvalue weighted by molar-refractivity contribution is 9.10.